The maximum Gasteiger partial charge on any atom is 0.258 e. The summed E-state index contributed by atoms with van der Waals surface area (Å²) in [6.07, 6.45) is 1.45. The number of likely N-dealkylation sites (tertiary alicyclic amines) is 1. The largest absolute Gasteiger partial charge is 0.493 e. The second kappa shape index (κ2) is 8.33. The van der Waals surface area contributed by atoms with Crippen LogP contribution in [0.2, 0.25) is 0 Å². The molecule has 0 spiro atoms. The first-order chi connectivity index (χ1) is 11.5. The van der Waals surface area contributed by atoms with Crippen LogP contribution in [0.3, 0.4) is 0 Å². The molecule has 1 saturated heterocycles. The predicted octanol–water partition coefficient (Wildman–Crippen LogP) is 0.682. The Balaban J connectivity index is 2.08. The number of nitrogens with one attached hydrogen (secondary N) is 1. The maximum atomic E-state index is 12.8. The third-order valence-electron chi connectivity index (χ3n) is 3.90. The lowest BCUT2D eigenvalue weighted by Gasteiger charge is -2.24. The van der Waals surface area contributed by atoms with Crippen LogP contribution in [0, 0.1) is 0 Å². The van der Waals surface area contributed by atoms with Gasteiger partial charge in [-0.05, 0) is 31.9 Å². The average molecular weight is 333 g/mol. The molecule has 0 aliphatic carbocycles. The van der Waals surface area contributed by atoms with Gasteiger partial charge < -0.3 is 20.7 Å². The Bertz CT molecular complexity index is 618. The number of nitrogens with two attached hydrogens (primary N) is 1. The number of carbonyl (C=O) groups is 3. The van der Waals surface area contributed by atoms with Crippen molar-refractivity contribution in [3.63, 3.8) is 0 Å². The third-order valence-corrected chi connectivity index (χ3v) is 3.90. The van der Waals surface area contributed by atoms with Gasteiger partial charge >= 0.3 is 0 Å². The molecule has 3 N–H and O–H groups in total. The average Bonchev–Trinajstić information content (AvgIpc) is 3.04. The topological polar surface area (TPSA) is 102 Å². The number of nitrogens with zero attached hydrogens (tertiary/aromatic N) is 1. The zero-order valence-corrected chi connectivity index (χ0v) is 13.8. The summed E-state index contributed by atoms with van der Waals surface area (Å²) in [6.45, 7) is 3.02. The van der Waals surface area contributed by atoms with E-state index >= 15 is 0 Å². The number of primary amides is 1. The van der Waals surface area contributed by atoms with Gasteiger partial charge in [0.2, 0.25) is 11.8 Å². The summed E-state index contributed by atoms with van der Waals surface area (Å²) < 4.78 is 5.51. The first kappa shape index (κ1) is 17.8. The van der Waals surface area contributed by atoms with E-state index in [9.17, 15) is 14.4 Å². The summed E-state index contributed by atoms with van der Waals surface area (Å²) in [6, 6.07) is 6.50. The van der Waals surface area contributed by atoms with Gasteiger partial charge in [0, 0.05) is 19.5 Å². The summed E-state index contributed by atoms with van der Waals surface area (Å²) in [5, 5.41) is 2.67. The maximum absolute atomic E-state index is 12.8. The van der Waals surface area contributed by atoms with Gasteiger partial charge in [-0.3, -0.25) is 14.4 Å². The molecule has 1 heterocycles. The molecular formula is C17H23N3O4. The second-order valence-electron chi connectivity index (χ2n) is 5.59. The van der Waals surface area contributed by atoms with E-state index in [0.717, 1.165) is 6.42 Å². The smallest absolute Gasteiger partial charge is 0.258 e. The minimum atomic E-state index is -0.528. The van der Waals surface area contributed by atoms with Crippen LogP contribution in [0.5, 0.6) is 5.75 Å². The van der Waals surface area contributed by atoms with Crippen molar-refractivity contribution in [2.75, 3.05) is 19.7 Å². The predicted molar refractivity (Wildman–Crippen MR) is 88.5 cm³/mol. The highest BCUT2D eigenvalue weighted by Gasteiger charge is 2.35. The van der Waals surface area contributed by atoms with Crippen LogP contribution >= 0.6 is 0 Å². The molecule has 1 aliphatic rings. The van der Waals surface area contributed by atoms with Crippen molar-refractivity contribution < 1.29 is 19.1 Å². The van der Waals surface area contributed by atoms with Crippen molar-refractivity contribution in [2.24, 2.45) is 5.73 Å². The molecule has 7 heteroatoms. The van der Waals surface area contributed by atoms with Gasteiger partial charge in [0.25, 0.3) is 5.91 Å². The van der Waals surface area contributed by atoms with Gasteiger partial charge in [0.05, 0.1) is 12.2 Å². The Morgan fingerprint density at radius 2 is 2.08 bits per heavy atom. The van der Waals surface area contributed by atoms with E-state index in [1.807, 2.05) is 6.92 Å². The van der Waals surface area contributed by atoms with Crippen molar-refractivity contribution in [1.29, 1.82) is 0 Å². The zero-order chi connectivity index (χ0) is 17.5. The van der Waals surface area contributed by atoms with Gasteiger partial charge in [-0.25, -0.2) is 0 Å². The Kier molecular flexibility index (Phi) is 6.17. The van der Waals surface area contributed by atoms with Crippen LogP contribution in [0.1, 0.15) is 36.5 Å². The minimum Gasteiger partial charge on any atom is -0.493 e. The van der Waals surface area contributed by atoms with Crippen LogP contribution in [0.4, 0.5) is 0 Å². The summed E-state index contributed by atoms with van der Waals surface area (Å²) in [5.74, 6) is -0.423. The fraction of sp³-hybridized carbons (Fsp3) is 0.471. The molecule has 7 nitrogen and oxygen atoms in total. The van der Waals surface area contributed by atoms with Gasteiger partial charge in [-0.1, -0.05) is 12.1 Å². The second-order valence-corrected chi connectivity index (χ2v) is 5.59. The molecule has 1 aromatic carbocycles. The molecule has 1 aromatic rings. The molecule has 3 amide bonds. The van der Waals surface area contributed by atoms with E-state index in [1.54, 1.807) is 29.2 Å². The first-order valence-corrected chi connectivity index (χ1v) is 8.13. The van der Waals surface area contributed by atoms with E-state index in [-0.39, 0.29) is 24.8 Å². The molecule has 24 heavy (non-hydrogen) atoms. The summed E-state index contributed by atoms with van der Waals surface area (Å²) in [7, 11) is 0. The van der Waals surface area contributed by atoms with Crippen LogP contribution < -0.4 is 15.8 Å². The Morgan fingerprint density at radius 1 is 1.33 bits per heavy atom. The van der Waals surface area contributed by atoms with Crippen LogP contribution in [-0.4, -0.2) is 48.4 Å². The Morgan fingerprint density at radius 3 is 2.79 bits per heavy atom. The molecule has 0 aromatic heterocycles. The van der Waals surface area contributed by atoms with Crippen molar-refractivity contribution >= 4 is 17.7 Å². The van der Waals surface area contributed by atoms with Crippen LogP contribution in [-0.2, 0) is 9.59 Å². The number of benzene rings is 1. The fourth-order valence-corrected chi connectivity index (χ4v) is 2.79. The van der Waals surface area contributed by atoms with Crippen LogP contribution in [0.25, 0.3) is 0 Å². The zero-order valence-electron chi connectivity index (χ0n) is 13.8. The third kappa shape index (κ3) is 4.24. The van der Waals surface area contributed by atoms with Crippen LogP contribution in [0.15, 0.2) is 24.3 Å². The number of rotatable bonds is 7. The first-order valence-electron chi connectivity index (χ1n) is 8.13. The van der Waals surface area contributed by atoms with E-state index in [1.165, 1.54) is 0 Å². The number of amides is 3. The van der Waals surface area contributed by atoms with Gasteiger partial charge in [0.1, 0.15) is 11.8 Å². The van der Waals surface area contributed by atoms with Crippen molar-refractivity contribution in [1.82, 2.24) is 10.2 Å². The summed E-state index contributed by atoms with van der Waals surface area (Å²) in [4.78, 5) is 37.4. The molecular weight excluding hydrogens is 310 g/mol. The number of para-hydroxylation sites is 1. The SMILES string of the molecule is CCOc1ccccc1C(=O)N1CCCC1C(=O)NCCC(N)=O. The van der Waals surface area contributed by atoms with Crippen molar-refractivity contribution in [3.05, 3.63) is 29.8 Å². The highest BCUT2D eigenvalue weighted by atomic mass is 16.5. The number of hydrogen-bond donors (Lipinski definition) is 2. The lowest BCUT2D eigenvalue weighted by Crippen LogP contribution is -2.46. The molecule has 0 bridgehead atoms. The van der Waals surface area contributed by atoms with E-state index in [0.29, 0.717) is 30.9 Å². The fourth-order valence-electron chi connectivity index (χ4n) is 2.79. The summed E-state index contributed by atoms with van der Waals surface area (Å²) >= 11 is 0. The van der Waals surface area contributed by atoms with Gasteiger partial charge in [-0.15, -0.1) is 0 Å². The molecule has 0 saturated carbocycles. The van der Waals surface area contributed by atoms with Gasteiger partial charge in [0.15, 0.2) is 0 Å². The number of ether oxygens (including phenoxy) is 1. The Hall–Kier alpha value is -2.57. The lowest BCUT2D eigenvalue weighted by molar-refractivity contribution is -0.125. The molecule has 1 unspecified atom stereocenters. The summed E-state index contributed by atoms with van der Waals surface area (Å²) in [5.41, 5.74) is 5.51. The molecule has 130 valence electrons. The molecule has 1 fully saturated rings. The minimum absolute atomic E-state index is 0.0829. The number of carbonyl (C=O) groups excluding carboxylic acids is 3. The lowest BCUT2D eigenvalue weighted by atomic mass is 10.1. The highest BCUT2D eigenvalue weighted by Crippen LogP contribution is 2.25. The standard InChI is InChI=1S/C17H23N3O4/c1-2-24-14-8-4-3-6-12(14)17(23)20-11-5-7-13(20)16(22)19-10-9-15(18)21/h3-4,6,8,13H,2,5,7,9-11H2,1H3,(H2,18,21)(H,19,22). The monoisotopic (exact) mass is 333 g/mol. The highest BCUT2D eigenvalue weighted by molar-refractivity contribution is 6.00. The van der Waals surface area contributed by atoms with E-state index in [2.05, 4.69) is 5.32 Å². The normalized spacial score (nSPS) is 16.7. The molecule has 0 radical (unpaired) electrons. The number of hydrogen-bond acceptors (Lipinski definition) is 4. The van der Waals surface area contributed by atoms with E-state index in [4.69, 9.17) is 10.5 Å². The van der Waals surface area contributed by atoms with Gasteiger partial charge in [-0.2, -0.15) is 0 Å². The van der Waals surface area contributed by atoms with Crippen molar-refractivity contribution in [3.8, 4) is 5.75 Å². The van der Waals surface area contributed by atoms with Crippen molar-refractivity contribution in [2.45, 2.75) is 32.2 Å². The molecule has 1 atom stereocenters. The quantitative estimate of drug-likeness (QED) is 0.766. The van der Waals surface area contributed by atoms with E-state index < -0.39 is 11.9 Å². The Labute approximate surface area is 141 Å². The molecule has 2 rings (SSSR count). The molecule has 1 aliphatic heterocycles.